The highest BCUT2D eigenvalue weighted by molar-refractivity contribution is 5.69. The van der Waals surface area contributed by atoms with E-state index in [-0.39, 0.29) is 5.92 Å². The maximum Gasteiger partial charge on any atom is 0.306 e. The minimum absolute atomic E-state index is 0.321. The van der Waals surface area contributed by atoms with Crippen molar-refractivity contribution in [3.8, 4) is 0 Å². The summed E-state index contributed by atoms with van der Waals surface area (Å²) in [6.07, 6.45) is 0.592. The van der Waals surface area contributed by atoms with E-state index in [2.05, 4.69) is 5.32 Å². The summed E-state index contributed by atoms with van der Waals surface area (Å²) < 4.78 is 5.27. The van der Waals surface area contributed by atoms with Gasteiger partial charge >= 0.3 is 5.97 Å². The summed E-state index contributed by atoms with van der Waals surface area (Å²) in [5, 5.41) is 11.7. The number of anilines is 1. The first-order chi connectivity index (χ1) is 6.59. The molecule has 0 aliphatic rings. The van der Waals surface area contributed by atoms with Crippen molar-refractivity contribution in [1.82, 2.24) is 0 Å². The van der Waals surface area contributed by atoms with Crippen molar-refractivity contribution in [2.75, 3.05) is 11.9 Å². The second-order valence-electron chi connectivity index (χ2n) is 3.37. The Hall–Kier alpha value is -1.45. The molecule has 1 aromatic rings. The highest BCUT2D eigenvalue weighted by atomic mass is 16.4. The molecular weight excluding hydrogens is 182 g/mol. The molecule has 1 atom stereocenters. The second kappa shape index (κ2) is 4.69. The van der Waals surface area contributed by atoms with Crippen molar-refractivity contribution < 1.29 is 14.3 Å². The molecule has 0 amide bonds. The lowest BCUT2D eigenvalue weighted by molar-refractivity contribution is -0.141. The van der Waals surface area contributed by atoms with Gasteiger partial charge in [-0.3, -0.25) is 4.79 Å². The molecule has 4 heteroatoms. The van der Waals surface area contributed by atoms with Gasteiger partial charge in [-0.1, -0.05) is 6.92 Å². The summed E-state index contributed by atoms with van der Waals surface area (Å²) in [6, 6.07) is 3.70. The molecule has 14 heavy (non-hydrogen) atoms. The fraction of sp³-hybridized carbons (Fsp3) is 0.500. The second-order valence-corrected chi connectivity index (χ2v) is 3.37. The van der Waals surface area contributed by atoms with E-state index in [0.717, 1.165) is 5.76 Å². The molecule has 0 radical (unpaired) electrons. The zero-order chi connectivity index (χ0) is 10.6. The number of rotatable bonds is 5. The molecule has 1 heterocycles. The summed E-state index contributed by atoms with van der Waals surface area (Å²) in [7, 11) is 0. The molecule has 2 N–H and O–H groups in total. The lowest BCUT2D eigenvalue weighted by Gasteiger charge is -2.06. The predicted molar refractivity (Wildman–Crippen MR) is 53.4 cm³/mol. The number of carboxylic acids is 1. The molecule has 0 aromatic carbocycles. The van der Waals surface area contributed by atoms with Crippen LogP contribution in [0.4, 0.5) is 5.88 Å². The van der Waals surface area contributed by atoms with Crippen molar-refractivity contribution in [1.29, 1.82) is 0 Å². The topological polar surface area (TPSA) is 62.5 Å². The van der Waals surface area contributed by atoms with Crippen LogP contribution in [0.3, 0.4) is 0 Å². The van der Waals surface area contributed by atoms with Gasteiger partial charge < -0.3 is 14.8 Å². The molecule has 0 saturated heterocycles. The van der Waals surface area contributed by atoms with E-state index in [1.165, 1.54) is 0 Å². The highest BCUT2D eigenvalue weighted by Gasteiger charge is 2.09. The lowest BCUT2D eigenvalue weighted by atomic mass is 10.1. The van der Waals surface area contributed by atoms with Crippen LogP contribution >= 0.6 is 0 Å². The molecule has 0 aliphatic carbocycles. The molecule has 0 bridgehead atoms. The maximum atomic E-state index is 10.5. The molecule has 4 nitrogen and oxygen atoms in total. The van der Waals surface area contributed by atoms with Gasteiger partial charge in [0.15, 0.2) is 5.88 Å². The number of hydrogen-bond donors (Lipinski definition) is 2. The van der Waals surface area contributed by atoms with Gasteiger partial charge in [-0.15, -0.1) is 0 Å². The largest absolute Gasteiger partial charge is 0.481 e. The first kappa shape index (κ1) is 10.6. The summed E-state index contributed by atoms with van der Waals surface area (Å²) in [4.78, 5) is 10.5. The number of carbonyl (C=O) groups is 1. The molecule has 0 saturated carbocycles. The van der Waals surface area contributed by atoms with Gasteiger partial charge in [-0.05, 0) is 19.4 Å². The molecule has 1 unspecified atom stereocenters. The van der Waals surface area contributed by atoms with E-state index in [1.807, 2.05) is 19.1 Å². The van der Waals surface area contributed by atoms with Crippen molar-refractivity contribution in [3.63, 3.8) is 0 Å². The van der Waals surface area contributed by atoms with E-state index >= 15 is 0 Å². The van der Waals surface area contributed by atoms with Crippen LogP contribution in [-0.4, -0.2) is 17.6 Å². The van der Waals surface area contributed by atoms with Crippen LogP contribution in [-0.2, 0) is 4.79 Å². The SMILES string of the molecule is Cc1ccc(NCCC(C)C(=O)O)o1. The first-order valence-electron chi connectivity index (χ1n) is 4.62. The van der Waals surface area contributed by atoms with Gasteiger partial charge in [-0.25, -0.2) is 0 Å². The Kier molecular flexibility index (Phi) is 3.56. The highest BCUT2D eigenvalue weighted by Crippen LogP contribution is 2.12. The number of hydrogen-bond acceptors (Lipinski definition) is 3. The number of nitrogens with one attached hydrogen (secondary N) is 1. The molecule has 1 aromatic heterocycles. The molecule has 1 rings (SSSR count). The summed E-state index contributed by atoms with van der Waals surface area (Å²) in [6.45, 7) is 4.17. The smallest absolute Gasteiger partial charge is 0.306 e. The van der Waals surface area contributed by atoms with Gasteiger partial charge in [0.2, 0.25) is 0 Å². The number of aliphatic carboxylic acids is 1. The Labute approximate surface area is 82.9 Å². The number of furan rings is 1. The van der Waals surface area contributed by atoms with Crippen LogP contribution in [0.25, 0.3) is 0 Å². The van der Waals surface area contributed by atoms with Crippen molar-refractivity contribution in [3.05, 3.63) is 17.9 Å². The summed E-state index contributed by atoms with van der Waals surface area (Å²) in [5.41, 5.74) is 0. The third kappa shape index (κ3) is 3.12. The first-order valence-corrected chi connectivity index (χ1v) is 4.62. The summed E-state index contributed by atoms with van der Waals surface area (Å²) >= 11 is 0. The Morgan fingerprint density at radius 1 is 1.64 bits per heavy atom. The molecular formula is C10H15NO3. The standard InChI is InChI=1S/C10H15NO3/c1-7(10(12)13)5-6-11-9-4-3-8(2)14-9/h3-4,7,11H,5-6H2,1-2H3,(H,12,13). The Bertz CT molecular complexity index is 306. The van der Waals surface area contributed by atoms with Gasteiger partial charge in [0, 0.05) is 12.6 Å². The average Bonchev–Trinajstić information content (AvgIpc) is 2.51. The van der Waals surface area contributed by atoms with Crippen LogP contribution in [0.1, 0.15) is 19.1 Å². The van der Waals surface area contributed by atoms with E-state index in [4.69, 9.17) is 9.52 Å². The fourth-order valence-corrected chi connectivity index (χ4v) is 1.06. The van der Waals surface area contributed by atoms with Crippen LogP contribution < -0.4 is 5.32 Å². The minimum atomic E-state index is -0.762. The van der Waals surface area contributed by atoms with E-state index in [1.54, 1.807) is 6.92 Å². The molecule has 78 valence electrons. The normalized spacial score (nSPS) is 12.4. The van der Waals surface area contributed by atoms with Crippen molar-refractivity contribution >= 4 is 11.9 Å². The van der Waals surface area contributed by atoms with Gasteiger partial charge in [-0.2, -0.15) is 0 Å². The average molecular weight is 197 g/mol. The monoisotopic (exact) mass is 197 g/mol. The molecule has 0 aliphatic heterocycles. The van der Waals surface area contributed by atoms with Crippen LogP contribution in [0, 0.1) is 12.8 Å². The maximum absolute atomic E-state index is 10.5. The third-order valence-corrected chi connectivity index (χ3v) is 2.04. The predicted octanol–water partition coefficient (Wildman–Crippen LogP) is 2.11. The zero-order valence-corrected chi connectivity index (χ0v) is 8.41. The zero-order valence-electron chi connectivity index (χ0n) is 8.41. The van der Waals surface area contributed by atoms with Crippen LogP contribution in [0.15, 0.2) is 16.5 Å². The Balaban J connectivity index is 2.25. The summed E-state index contributed by atoms with van der Waals surface area (Å²) in [5.74, 6) is 0.458. The van der Waals surface area contributed by atoms with Gasteiger partial charge in [0.05, 0.1) is 5.92 Å². The van der Waals surface area contributed by atoms with E-state index in [0.29, 0.717) is 18.8 Å². The van der Waals surface area contributed by atoms with Crippen molar-refractivity contribution in [2.24, 2.45) is 5.92 Å². The van der Waals surface area contributed by atoms with E-state index < -0.39 is 5.97 Å². The number of carboxylic acid groups (broad SMARTS) is 1. The molecule has 0 fully saturated rings. The Morgan fingerprint density at radius 2 is 2.36 bits per heavy atom. The number of aryl methyl sites for hydroxylation is 1. The quantitative estimate of drug-likeness (QED) is 0.758. The fourth-order valence-electron chi connectivity index (χ4n) is 1.06. The minimum Gasteiger partial charge on any atom is -0.481 e. The van der Waals surface area contributed by atoms with Crippen LogP contribution in [0.2, 0.25) is 0 Å². The van der Waals surface area contributed by atoms with Gasteiger partial charge in [0.1, 0.15) is 5.76 Å². The lowest BCUT2D eigenvalue weighted by Crippen LogP contribution is -2.14. The van der Waals surface area contributed by atoms with Crippen molar-refractivity contribution in [2.45, 2.75) is 20.3 Å². The Morgan fingerprint density at radius 3 is 2.86 bits per heavy atom. The van der Waals surface area contributed by atoms with E-state index in [9.17, 15) is 4.79 Å². The molecule has 0 spiro atoms. The van der Waals surface area contributed by atoms with Crippen LogP contribution in [0.5, 0.6) is 0 Å². The van der Waals surface area contributed by atoms with Gasteiger partial charge in [0.25, 0.3) is 0 Å². The third-order valence-electron chi connectivity index (χ3n) is 2.04.